The fraction of sp³-hybridized carbons (Fsp3) is 0.421. The smallest absolute Gasteiger partial charge is 0.407 e. The standard InChI is InChI=1S/C38H47N5O7S/c1-24(2)21-31(36(46)42-29-18-20-49-37(29)48-3)43-35(45)28(14-9-10-19-39-38(47)50-23-25-11-5-4-6-12-25)41-34(44)26-16-17-33-30(22-26)40-27-13-7-8-15-32(27)51-33/h4-8,11-13,15-17,22,24,28-29,31,37,40H,9-10,14,18-21,23H2,1-3H3,(H,39,47)(H,41,44)(H,42,46)(H,43,45)/t28-,29-,31-,37?/m0/s1. The zero-order chi connectivity index (χ0) is 36.2. The number of hydrogen-bond donors (Lipinski definition) is 5. The van der Waals surface area contributed by atoms with E-state index in [0.29, 0.717) is 44.4 Å². The van der Waals surface area contributed by atoms with E-state index >= 15 is 0 Å². The van der Waals surface area contributed by atoms with Gasteiger partial charge < -0.3 is 40.8 Å². The number of fused-ring (bicyclic) bond motifs is 2. The molecule has 0 aliphatic carbocycles. The van der Waals surface area contributed by atoms with Crippen LogP contribution in [0.25, 0.3) is 0 Å². The van der Waals surface area contributed by atoms with Crippen molar-refractivity contribution in [3.8, 4) is 0 Å². The number of unbranched alkanes of at least 4 members (excludes halogenated alkanes) is 1. The molecule has 0 bridgehead atoms. The lowest BCUT2D eigenvalue weighted by molar-refractivity contribution is -0.134. The van der Waals surface area contributed by atoms with E-state index in [0.717, 1.165) is 26.7 Å². The maximum atomic E-state index is 13.9. The van der Waals surface area contributed by atoms with Crippen LogP contribution in [0.3, 0.4) is 0 Å². The van der Waals surface area contributed by atoms with Crippen LogP contribution in [0.5, 0.6) is 0 Å². The molecule has 51 heavy (non-hydrogen) atoms. The average Bonchev–Trinajstić information content (AvgIpc) is 3.59. The predicted molar refractivity (Wildman–Crippen MR) is 195 cm³/mol. The Labute approximate surface area is 303 Å². The highest BCUT2D eigenvalue weighted by Crippen LogP contribution is 2.44. The first-order chi connectivity index (χ1) is 24.7. The maximum absolute atomic E-state index is 13.9. The van der Waals surface area contributed by atoms with Crippen LogP contribution in [0.1, 0.15) is 61.9 Å². The van der Waals surface area contributed by atoms with Crippen LogP contribution in [-0.4, -0.2) is 68.5 Å². The van der Waals surface area contributed by atoms with Gasteiger partial charge in [0.15, 0.2) is 6.29 Å². The van der Waals surface area contributed by atoms with Crippen LogP contribution >= 0.6 is 11.8 Å². The van der Waals surface area contributed by atoms with Crippen molar-refractivity contribution in [2.75, 3.05) is 25.6 Å². The summed E-state index contributed by atoms with van der Waals surface area (Å²) in [6.07, 6.45) is 1.23. The summed E-state index contributed by atoms with van der Waals surface area (Å²) in [5.74, 6) is -1.12. The molecule has 2 heterocycles. The molecule has 0 radical (unpaired) electrons. The minimum Gasteiger partial charge on any atom is -0.445 e. The molecule has 2 aliphatic rings. The highest BCUT2D eigenvalue weighted by atomic mass is 32.2. The summed E-state index contributed by atoms with van der Waals surface area (Å²) < 4.78 is 16.2. The van der Waals surface area contributed by atoms with E-state index < -0.39 is 36.3 Å². The van der Waals surface area contributed by atoms with Crippen LogP contribution in [0.15, 0.2) is 82.6 Å². The summed E-state index contributed by atoms with van der Waals surface area (Å²) in [7, 11) is 1.52. The minimum absolute atomic E-state index is 0.103. The molecular weight excluding hydrogens is 671 g/mol. The van der Waals surface area contributed by atoms with Crippen LogP contribution in [0.4, 0.5) is 16.2 Å². The Morgan fingerprint density at radius 1 is 0.902 bits per heavy atom. The number of para-hydroxylation sites is 1. The molecule has 2 aliphatic heterocycles. The summed E-state index contributed by atoms with van der Waals surface area (Å²) >= 11 is 1.62. The molecule has 3 aromatic carbocycles. The number of hydrogen-bond acceptors (Lipinski definition) is 9. The second-order valence-electron chi connectivity index (χ2n) is 13.0. The molecular formula is C38H47N5O7S. The maximum Gasteiger partial charge on any atom is 0.407 e. The third kappa shape index (κ3) is 10.9. The summed E-state index contributed by atoms with van der Waals surface area (Å²) in [5.41, 5.74) is 3.04. The number of carbonyl (C=O) groups is 4. The van der Waals surface area contributed by atoms with E-state index in [1.54, 1.807) is 23.9 Å². The van der Waals surface area contributed by atoms with Crippen LogP contribution < -0.4 is 26.6 Å². The zero-order valence-corrected chi connectivity index (χ0v) is 30.1. The lowest BCUT2D eigenvalue weighted by Gasteiger charge is -2.26. The Hall–Kier alpha value is -4.59. The van der Waals surface area contributed by atoms with Crippen molar-refractivity contribution >= 4 is 47.0 Å². The number of rotatable bonds is 16. The van der Waals surface area contributed by atoms with Crippen molar-refractivity contribution in [2.45, 2.75) is 86.8 Å². The van der Waals surface area contributed by atoms with Gasteiger partial charge in [-0.25, -0.2) is 4.79 Å². The average molecular weight is 718 g/mol. The normalized spacial score (nSPS) is 17.3. The fourth-order valence-corrected chi connectivity index (χ4v) is 6.89. The van der Waals surface area contributed by atoms with Gasteiger partial charge >= 0.3 is 6.09 Å². The SMILES string of the molecule is COC1OCC[C@@H]1NC(=O)[C@H](CC(C)C)NC(=O)[C@H](CCCCNC(=O)OCc1ccccc1)NC(=O)c1ccc2c(c1)Nc1ccccc1S2. The molecule has 0 aromatic heterocycles. The monoisotopic (exact) mass is 717 g/mol. The number of ether oxygens (including phenoxy) is 3. The molecule has 4 amide bonds. The first kappa shape index (κ1) is 37.7. The van der Waals surface area contributed by atoms with E-state index in [9.17, 15) is 19.2 Å². The number of methoxy groups -OCH3 is 1. The number of anilines is 2. The second kappa shape index (κ2) is 18.6. The number of alkyl carbamates (subject to hydrolysis) is 1. The molecule has 4 atom stereocenters. The van der Waals surface area contributed by atoms with Gasteiger partial charge in [0, 0.05) is 29.0 Å². The van der Waals surface area contributed by atoms with E-state index in [2.05, 4.69) is 26.6 Å². The molecule has 0 spiro atoms. The molecule has 0 saturated carbocycles. The molecule has 272 valence electrons. The van der Waals surface area contributed by atoms with Crippen molar-refractivity contribution in [2.24, 2.45) is 5.92 Å². The van der Waals surface area contributed by atoms with E-state index in [4.69, 9.17) is 14.2 Å². The third-order valence-electron chi connectivity index (χ3n) is 8.58. The lowest BCUT2D eigenvalue weighted by Crippen LogP contribution is -2.56. The van der Waals surface area contributed by atoms with Gasteiger partial charge in [0.1, 0.15) is 18.7 Å². The van der Waals surface area contributed by atoms with Gasteiger partial charge in [-0.1, -0.05) is 68.1 Å². The summed E-state index contributed by atoms with van der Waals surface area (Å²) in [4.78, 5) is 55.3. The van der Waals surface area contributed by atoms with Crippen LogP contribution in [0.2, 0.25) is 0 Å². The highest BCUT2D eigenvalue weighted by Gasteiger charge is 2.33. The Bertz CT molecular complexity index is 1660. The number of benzene rings is 3. The van der Waals surface area contributed by atoms with Gasteiger partial charge in [-0.15, -0.1) is 0 Å². The Kier molecular flexibility index (Phi) is 13.7. The fourth-order valence-electron chi connectivity index (χ4n) is 5.92. The quantitative estimate of drug-likeness (QED) is 0.0946. The van der Waals surface area contributed by atoms with Gasteiger partial charge in [0.25, 0.3) is 5.91 Å². The Morgan fingerprint density at radius 3 is 2.45 bits per heavy atom. The van der Waals surface area contributed by atoms with Crippen molar-refractivity contribution in [3.05, 3.63) is 83.9 Å². The van der Waals surface area contributed by atoms with Crippen molar-refractivity contribution in [1.29, 1.82) is 0 Å². The van der Waals surface area contributed by atoms with Gasteiger partial charge in [0.2, 0.25) is 11.8 Å². The first-order valence-electron chi connectivity index (χ1n) is 17.4. The Morgan fingerprint density at radius 2 is 1.67 bits per heavy atom. The molecule has 1 unspecified atom stereocenters. The van der Waals surface area contributed by atoms with Crippen LogP contribution in [-0.2, 0) is 30.4 Å². The molecule has 5 rings (SSSR count). The van der Waals surface area contributed by atoms with Gasteiger partial charge in [-0.05, 0) is 73.9 Å². The van der Waals surface area contributed by atoms with Gasteiger partial charge in [-0.2, -0.15) is 0 Å². The van der Waals surface area contributed by atoms with E-state index in [1.165, 1.54) is 7.11 Å². The van der Waals surface area contributed by atoms with Gasteiger partial charge in [-0.3, -0.25) is 14.4 Å². The summed E-state index contributed by atoms with van der Waals surface area (Å²) in [6.45, 7) is 4.90. The summed E-state index contributed by atoms with van der Waals surface area (Å²) in [6, 6.07) is 20.6. The van der Waals surface area contributed by atoms with Crippen molar-refractivity contribution in [1.82, 2.24) is 21.3 Å². The molecule has 1 fully saturated rings. The number of amides is 4. The highest BCUT2D eigenvalue weighted by molar-refractivity contribution is 7.99. The zero-order valence-electron chi connectivity index (χ0n) is 29.2. The lowest BCUT2D eigenvalue weighted by atomic mass is 10.0. The molecule has 13 heteroatoms. The number of carbonyl (C=O) groups excluding carboxylic acids is 4. The molecule has 5 N–H and O–H groups in total. The molecule has 1 saturated heterocycles. The van der Waals surface area contributed by atoms with Crippen molar-refractivity contribution in [3.63, 3.8) is 0 Å². The third-order valence-corrected chi connectivity index (χ3v) is 9.73. The Balaban J connectivity index is 1.22. The van der Waals surface area contributed by atoms with Crippen molar-refractivity contribution < 1.29 is 33.4 Å². The minimum atomic E-state index is -0.939. The van der Waals surface area contributed by atoms with Crippen LogP contribution in [0, 0.1) is 5.92 Å². The predicted octanol–water partition coefficient (Wildman–Crippen LogP) is 5.50. The van der Waals surface area contributed by atoms with E-state index in [-0.39, 0.29) is 30.9 Å². The topological polar surface area (TPSA) is 156 Å². The van der Waals surface area contributed by atoms with Gasteiger partial charge in [0.05, 0.1) is 24.0 Å². The molecule has 3 aromatic rings. The first-order valence-corrected chi connectivity index (χ1v) is 18.2. The second-order valence-corrected chi connectivity index (χ2v) is 14.1. The van der Waals surface area contributed by atoms with E-state index in [1.807, 2.05) is 74.5 Å². The molecule has 12 nitrogen and oxygen atoms in total. The number of nitrogens with one attached hydrogen (secondary N) is 5. The largest absolute Gasteiger partial charge is 0.445 e. The summed E-state index contributed by atoms with van der Waals surface area (Å²) in [5, 5.41) is 14.9.